The summed E-state index contributed by atoms with van der Waals surface area (Å²) in [5.74, 6) is 0. The van der Waals surface area contributed by atoms with Crippen LogP contribution in [-0.2, 0) is 19.5 Å². The Morgan fingerprint density at radius 1 is 1.27 bits per heavy atom. The Kier molecular flexibility index (Phi) is 12.5. The van der Waals surface area contributed by atoms with Crippen molar-refractivity contribution in [2.45, 2.75) is 0 Å². The maximum absolute atomic E-state index is 4.71. The van der Waals surface area contributed by atoms with E-state index >= 15 is 0 Å². The first-order chi connectivity index (χ1) is 4.73. The third-order valence-corrected chi connectivity index (χ3v) is 0.607. The van der Waals surface area contributed by atoms with Crippen molar-refractivity contribution in [1.82, 2.24) is 0 Å². The molecule has 56 valence electrons. The molecule has 1 aromatic carbocycles. The third-order valence-electron chi connectivity index (χ3n) is 0.607. The second kappa shape index (κ2) is 10.1. The maximum Gasteiger partial charge on any atom is 0.128 e. The van der Waals surface area contributed by atoms with E-state index in [1.807, 2.05) is 30.3 Å². The summed E-state index contributed by atoms with van der Waals surface area (Å²) in [6, 6.07) is 12.5. The quantitative estimate of drug-likeness (QED) is 0.310. The Hall–Kier alpha value is 0.0834. The molecule has 1 aromatic rings. The van der Waals surface area contributed by atoms with Crippen molar-refractivity contribution in [1.29, 1.82) is 0 Å². The van der Waals surface area contributed by atoms with E-state index in [2.05, 4.69) is 30.9 Å². The molecular formula is C7H8NS2Zn-. The van der Waals surface area contributed by atoms with Crippen molar-refractivity contribution in [3.63, 3.8) is 0 Å². The zero-order chi connectivity index (χ0) is 7.82. The van der Waals surface area contributed by atoms with Crippen LogP contribution in [0.3, 0.4) is 0 Å². The number of thiol groups is 1. The molecule has 0 unspecified atom stereocenters. The van der Waals surface area contributed by atoms with Gasteiger partial charge in [0.2, 0.25) is 0 Å². The molecule has 1 rings (SSSR count). The van der Waals surface area contributed by atoms with Crippen LogP contribution >= 0.6 is 24.8 Å². The predicted molar refractivity (Wildman–Crippen MR) is 51.0 cm³/mol. The van der Waals surface area contributed by atoms with Gasteiger partial charge in [-0.05, 0) is 0 Å². The number of thiocarbonyl (C=S) groups is 1. The number of nitrogens with two attached hydrogens (primary N) is 1. The van der Waals surface area contributed by atoms with Gasteiger partial charge in [0.05, 0.1) is 0 Å². The van der Waals surface area contributed by atoms with Crippen LogP contribution < -0.4 is 5.73 Å². The monoisotopic (exact) mass is 234 g/mol. The minimum atomic E-state index is 0. The molecule has 0 atom stereocenters. The van der Waals surface area contributed by atoms with Crippen molar-refractivity contribution in [3.05, 3.63) is 36.4 Å². The van der Waals surface area contributed by atoms with Gasteiger partial charge in [0.15, 0.2) is 0 Å². The SMILES string of the molecule is NC(=S)S.[Zn].[c-]1ccccc1. The standard InChI is InChI=1S/C6H5.CH3NS2.Zn/c1-2-4-6-5-3-1;2-1(3)4;/h1-5H;(H3,2,3,4);/q-1;;. The summed E-state index contributed by atoms with van der Waals surface area (Å²) < 4.78 is 0.194. The van der Waals surface area contributed by atoms with E-state index in [-0.39, 0.29) is 23.8 Å². The van der Waals surface area contributed by atoms with E-state index < -0.39 is 0 Å². The van der Waals surface area contributed by atoms with Crippen LogP contribution in [0.4, 0.5) is 0 Å². The Balaban J connectivity index is 0. The first-order valence-electron chi connectivity index (χ1n) is 2.63. The smallest absolute Gasteiger partial charge is 0.128 e. The van der Waals surface area contributed by atoms with Crippen LogP contribution in [0, 0.1) is 6.07 Å². The van der Waals surface area contributed by atoms with Gasteiger partial charge in [-0.25, -0.2) is 0 Å². The van der Waals surface area contributed by atoms with Crippen LogP contribution in [0.15, 0.2) is 30.3 Å². The molecule has 4 heteroatoms. The summed E-state index contributed by atoms with van der Waals surface area (Å²) in [4.78, 5) is 0. The first-order valence-corrected chi connectivity index (χ1v) is 3.48. The Morgan fingerprint density at radius 2 is 1.64 bits per heavy atom. The summed E-state index contributed by atoms with van der Waals surface area (Å²) in [5, 5.41) is 0. The van der Waals surface area contributed by atoms with Crippen LogP contribution in [0.2, 0.25) is 0 Å². The van der Waals surface area contributed by atoms with Gasteiger partial charge in [-0.15, -0.1) is 12.6 Å². The van der Waals surface area contributed by atoms with Gasteiger partial charge in [-0.1, -0.05) is 12.2 Å². The van der Waals surface area contributed by atoms with Gasteiger partial charge in [0.25, 0.3) is 0 Å². The van der Waals surface area contributed by atoms with Gasteiger partial charge < -0.3 is 5.73 Å². The molecule has 0 heterocycles. The third kappa shape index (κ3) is 17.8. The molecule has 2 N–H and O–H groups in total. The average Bonchev–Trinajstić information content (AvgIpc) is 1.90. The predicted octanol–water partition coefficient (Wildman–Crippen LogP) is 1.64. The summed E-state index contributed by atoms with van der Waals surface area (Å²) in [6.45, 7) is 0. The molecule has 0 spiro atoms. The van der Waals surface area contributed by atoms with E-state index in [9.17, 15) is 0 Å². The van der Waals surface area contributed by atoms with Crippen molar-refractivity contribution in [3.8, 4) is 0 Å². The van der Waals surface area contributed by atoms with Gasteiger partial charge in [0, 0.05) is 19.5 Å². The number of rotatable bonds is 0. The van der Waals surface area contributed by atoms with Crippen LogP contribution in [0.25, 0.3) is 0 Å². The molecule has 0 aliphatic carbocycles. The molecule has 0 radical (unpaired) electrons. The largest absolute Gasteiger partial charge is 0.385 e. The molecule has 0 fully saturated rings. The minimum Gasteiger partial charge on any atom is -0.385 e. The van der Waals surface area contributed by atoms with E-state index in [0.717, 1.165) is 0 Å². The first kappa shape index (κ1) is 13.7. The van der Waals surface area contributed by atoms with Gasteiger partial charge in [-0.3, -0.25) is 0 Å². The van der Waals surface area contributed by atoms with Crippen molar-refractivity contribution < 1.29 is 19.5 Å². The van der Waals surface area contributed by atoms with E-state index in [1.165, 1.54) is 0 Å². The average molecular weight is 236 g/mol. The molecule has 0 saturated heterocycles. The number of hydrogen-bond donors (Lipinski definition) is 2. The summed E-state index contributed by atoms with van der Waals surface area (Å²) in [7, 11) is 0. The topological polar surface area (TPSA) is 26.0 Å². The normalized spacial score (nSPS) is 6.64. The Morgan fingerprint density at radius 3 is 1.73 bits per heavy atom. The fraction of sp³-hybridized carbons (Fsp3) is 0. The number of hydrogen-bond acceptors (Lipinski definition) is 1. The van der Waals surface area contributed by atoms with Crippen LogP contribution in [-0.4, -0.2) is 4.32 Å². The molecule has 0 amide bonds. The Labute approximate surface area is 90.5 Å². The zero-order valence-corrected chi connectivity index (χ0v) is 10.7. The minimum absolute atomic E-state index is 0. The van der Waals surface area contributed by atoms with E-state index in [1.54, 1.807) is 0 Å². The van der Waals surface area contributed by atoms with Crippen LogP contribution in [0.5, 0.6) is 0 Å². The van der Waals surface area contributed by atoms with Crippen LogP contribution in [0.1, 0.15) is 0 Å². The van der Waals surface area contributed by atoms with Gasteiger partial charge in [0.1, 0.15) is 4.32 Å². The van der Waals surface area contributed by atoms with Crippen molar-refractivity contribution >= 4 is 29.2 Å². The summed E-state index contributed by atoms with van der Waals surface area (Å²) >= 11 is 7.65. The molecule has 0 aliphatic rings. The van der Waals surface area contributed by atoms with Crippen molar-refractivity contribution in [2.75, 3.05) is 0 Å². The Bertz CT molecular complexity index is 148. The molecule has 1 nitrogen and oxygen atoms in total. The molecule has 11 heavy (non-hydrogen) atoms. The fourth-order valence-electron chi connectivity index (χ4n) is 0.342. The zero-order valence-electron chi connectivity index (χ0n) is 6.03. The maximum atomic E-state index is 4.71. The fourth-order valence-corrected chi connectivity index (χ4v) is 0.342. The second-order valence-electron chi connectivity index (χ2n) is 1.42. The summed E-state index contributed by atoms with van der Waals surface area (Å²) in [6.07, 6.45) is 0. The molecular weight excluding hydrogens is 228 g/mol. The molecule has 0 saturated carbocycles. The van der Waals surface area contributed by atoms with Gasteiger partial charge in [-0.2, -0.15) is 36.4 Å². The van der Waals surface area contributed by atoms with Gasteiger partial charge >= 0.3 is 0 Å². The molecule has 0 aromatic heterocycles. The summed E-state index contributed by atoms with van der Waals surface area (Å²) in [5.41, 5.74) is 4.71. The molecule has 0 bridgehead atoms. The number of benzene rings is 1. The second-order valence-corrected chi connectivity index (χ2v) is 2.64. The van der Waals surface area contributed by atoms with E-state index in [0.29, 0.717) is 0 Å². The van der Waals surface area contributed by atoms with E-state index in [4.69, 9.17) is 5.73 Å². The van der Waals surface area contributed by atoms with Crippen molar-refractivity contribution in [2.24, 2.45) is 5.73 Å². The molecule has 0 aliphatic heterocycles.